The van der Waals surface area contributed by atoms with Crippen molar-refractivity contribution >= 4 is 11.7 Å². The number of carbonyl (C=O) groups is 1. The van der Waals surface area contributed by atoms with Gasteiger partial charge in [-0.15, -0.1) is 0 Å². The molecule has 1 aliphatic heterocycles. The SMILES string of the molecule is O=C(Nc1ccc(CCCCCCOc2ccccc2C(F)(F)F)cc1)N1CCNCC1. The van der Waals surface area contributed by atoms with Gasteiger partial charge in [-0.1, -0.05) is 37.1 Å². The number of nitrogens with one attached hydrogen (secondary N) is 2. The fourth-order valence-corrected chi connectivity index (χ4v) is 3.62. The standard InChI is InChI=1S/C24H30F3N3O2/c25-24(26,27)21-8-4-5-9-22(21)32-18-6-2-1-3-7-19-10-12-20(13-11-19)29-23(31)30-16-14-28-15-17-30/h4-5,8-13,28H,1-3,6-7,14-18H2,(H,29,31). The second kappa shape index (κ2) is 11.8. The van der Waals surface area contributed by atoms with Gasteiger partial charge in [-0.2, -0.15) is 13.2 Å². The van der Waals surface area contributed by atoms with E-state index in [9.17, 15) is 18.0 Å². The molecule has 2 aromatic carbocycles. The van der Waals surface area contributed by atoms with Crippen LogP contribution in [0.5, 0.6) is 5.75 Å². The van der Waals surface area contributed by atoms with Crippen LogP contribution < -0.4 is 15.4 Å². The Morgan fingerprint density at radius 3 is 2.38 bits per heavy atom. The number of unbranched alkanes of at least 4 members (excludes halogenated alkanes) is 3. The lowest BCUT2D eigenvalue weighted by atomic mass is 10.1. The van der Waals surface area contributed by atoms with E-state index in [4.69, 9.17) is 4.74 Å². The van der Waals surface area contributed by atoms with E-state index in [1.807, 2.05) is 24.3 Å². The van der Waals surface area contributed by atoms with Gasteiger partial charge in [-0.3, -0.25) is 0 Å². The Bertz CT molecular complexity index is 850. The number of anilines is 1. The normalized spacial score (nSPS) is 14.3. The van der Waals surface area contributed by atoms with Gasteiger partial charge in [0.05, 0.1) is 12.2 Å². The Hall–Kier alpha value is -2.74. The third kappa shape index (κ3) is 7.44. The molecule has 2 aromatic rings. The Labute approximate surface area is 186 Å². The summed E-state index contributed by atoms with van der Waals surface area (Å²) in [5.74, 6) is -0.107. The van der Waals surface area contributed by atoms with Gasteiger partial charge in [0.25, 0.3) is 0 Å². The average Bonchev–Trinajstić information content (AvgIpc) is 2.79. The van der Waals surface area contributed by atoms with Gasteiger partial charge >= 0.3 is 12.2 Å². The molecule has 2 amide bonds. The molecule has 0 bridgehead atoms. The number of amides is 2. The maximum absolute atomic E-state index is 13.0. The first-order valence-corrected chi connectivity index (χ1v) is 11.1. The molecule has 1 fully saturated rings. The van der Waals surface area contributed by atoms with Gasteiger partial charge in [0.15, 0.2) is 0 Å². The highest BCUT2D eigenvalue weighted by atomic mass is 19.4. The number of aryl methyl sites for hydroxylation is 1. The van der Waals surface area contributed by atoms with Crippen LogP contribution in [-0.4, -0.2) is 43.7 Å². The smallest absolute Gasteiger partial charge is 0.419 e. The fraction of sp³-hybridized carbons (Fsp3) is 0.458. The van der Waals surface area contributed by atoms with Crippen molar-refractivity contribution in [1.82, 2.24) is 10.2 Å². The quantitative estimate of drug-likeness (QED) is 0.509. The number of benzene rings is 2. The van der Waals surface area contributed by atoms with Gasteiger partial charge in [-0.25, -0.2) is 4.79 Å². The molecule has 0 spiro atoms. The summed E-state index contributed by atoms with van der Waals surface area (Å²) < 4.78 is 44.2. The minimum absolute atomic E-state index is 0.0701. The van der Waals surface area contributed by atoms with E-state index in [0.717, 1.165) is 50.5 Å². The minimum Gasteiger partial charge on any atom is -0.493 e. The molecule has 2 N–H and O–H groups in total. The van der Waals surface area contributed by atoms with Crippen LogP contribution in [0.1, 0.15) is 36.8 Å². The highest BCUT2D eigenvalue weighted by molar-refractivity contribution is 5.89. The molecule has 0 radical (unpaired) electrons. The van der Waals surface area contributed by atoms with E-state index < -0.39 is 11.7 Å². The van der Waals surface area contributed by atoms with E-state index >= 15 is 0 Å². The van der Waals surface area contributed by atoms with E-state index in [1.54, 1.807) is 11.0 Å². The van der Waals surface area contributed by atoms with Crippen molar-refractivity contribution < 1.29 is 22.7 Å². The maximum atomic E-state index is 13.0. The summed E-state index contributed by atoms with van der Waals surface area (Å²) in [7, 11) is 0. The van der Waals surface area contributed by atoms with Gasteiger partial charge in [0.1, 0.15) is 5.75 Å². The molecule has 0 aliphatic carbocycles. The molecule has 0 saturated carbocycles. The zero-order chi connectivity index (χ0) is 22.8. The van der Waals surface area contributed by atoms with Gasteiger partial charge in [0, 0.05) is 31.9 Å². The van der Waals surface area contributed by atoms with Crippen LogP contribution in [-0.2, 0) is 12.6 Å². The summed E-state index contributed by atoms with van der Waals surface area (Å²) in [5, 5.41) is 6.15. The Morgan fingerprint density at radius 1 is 0.969 bits per heavy atom. The summed E-state index contributed by atoms with van der Waals surface area (Å²) in [5.41, 5.74) is 1.25. The van der Waals surface area contributed by atoms with Crippen molar-refractivity contribution in [1.29, 1.82) is 0 Å². The second-order valence-electron chi connectivity index (χ2n) is 7.87. The first-order chi connectivity index (χ1) is 15.4. The molecule has 1 saturated heterocycles. The van der Waals surface area contributed by atoms with E-state index in [0.29, 0.717) is 19.5 Å². The monoisotopic (exact) mass is 449 g/mol. The minimum atomic E-state index is -4.40. The topological polar surface area (TPSA) is 53.6 Å². The molecule has 32 heavy (non-hydrogen) atoms. The predicted octanol–water partition coefficient (Wildman–Crippen LogP) is 5.32. The number of hydrogen-bond acceptors (Lipinski definition) is 3. The summed E-state index contributed by atoms with van der Waals surface area (Å²) in [4.78, 5) is 14.0. The fourth-order valence-electron chi connectivity index (χ4n) is 3.62. The van der Waals surface area contributed by atoms with Crippen LogP contribution in [0.4, 0.5) is 23.7 Å². The molecule has 1 aliphatic rings. The Balaban J connectivity index is 1.30. The van der Waals surface area contributed by atoms with Crippen LogP contribution in [0.2, 0.25) is 0 Å². The number of piperazine rings is 1. The van der Waals surface area contributed by atoms with Crippen LogP contribution in [0.15, 0.2) is 48.5 Å². The first-order valence-electron chi connectivity index (χ1n) is 11.1. The Morgan fingerprint density at radius 2 is 1.66 bits per heavy atom. The van der Waals surface area contributed by atoms with Crippen molar-refractivity contribution in [2.45, 2.75) is 38.3 Å². The molecule has 5 nitrogen and oxygen atoms in total. The molecular formula is C24H30F3N3O2. The van der Waals surface area contributed by atoms with E-state index in [-0.39, 0.29) is 18.4 Å². The highest BCUT2D eigenvalue weighted by Crippen LogP contribution is 2.35. The number of ether oxygens (including phenoxy) is 1. The lowest BCUT2D eigenvalue weighted by Crippen LogP contribution is -2.48. The van der Waals surface area contributed by atoms with E-state index in [1.165, 1.54) is 17.7 Å². The molecule has 8 heteroatoms. The zero-order valence-corrected chi connectivity index (χ0v) is 18.1. The van der Waals surface area contributed by atoms with E-state index in [2.05, 4.69) is 10.6 Å². The summed E-state index contributed by atoms with van der Waals surface area (Å²) in [6.45, 7) is 3.33. The van der Waals surface area contributed by atoms with Crippen molar-refractivity contribution in [3.8, 4) is 5.75 Å². The largest absolute Gasteiger partial charge is 0.493 e. The molecule has 0 atom stereocenters. The van der Waals surface area contributed by atoms with Crippen molar-refractivity contribution in [3.05, 3.63) is 59.7 Å². The number of hydrogen-bond donors (Lipinski definition) is 2. The number of alkyl halides is 3. The molecule has 0 aromatic heterocycles. The van der Waals surface area contributed by atoms with Crippen LogP contribution in [0.25, 0.3) is 0 Å². The predicted molar refractivity (Wildman–Crippen MR) is 119 cm³/mol. The number of urea groups is 1. The van der Waals surface area contributed by atoms with Gasteiger partial charge < -0.3 is 20.3 Å². The number of rotatable bonds is 9. The maximum Gasteiger partial charge on any atom is 0.419 e. The average molecular weight is 450 g/mol. The van der Waals surface area contributed by atoms with Gasteiger partial charge in [0.2, 0.25) is 0 Å². The number of para-hydroxylation sites is 1. The third-order valence-electron chi connectivity index (χ3n) is 5.42. The highest BCUT2D eigenvalue weighted by Gasteiger charge is 2.33. The molecule has 174 valence electrons. The summed E-state index contributed by atoms with van der Waals surface area (Å²) in [6.07, 6.45) is 0.0946. The lowest BCUT2D eigenvalue weighted by Gasteiger charge is -2.27. The molecule has 0 unspecified atom stereocenters. The summed E-state index contributed by atoms with van der Waals surface area (Å²) >= 11 is 0. The van der Waals surface area contributed by atoms with Crippen molar-refractivity contribution in [3.63, 3.8) is 0 Å². The van der Waals surface area contributed by atoms with Crippen molar-refractivity contribution in [2.75, 3.05) is 38.1 Å². The van der Waals surface area contributed by atoms with Crippen LogP contribution in [0.3, 0.4) is 0 Å². The first kappa shape index (κ1) is 23.9. The molecule has 3 rings (SSSR count). The third-order valence-corrected chi connectivity index (χ3v) is 5.42. The molecule has 1 heterocycles. The summed E-state index contributed by atoms with van der Waals surface area (Å²) in [6, 6.07) is 13.1. The lowest BCUT2D eigenvalue weighted by molar-refractivity contribution is -0.138. The second-order valence-corrected chi connectivity index (χ2v) is 7.87. The van der Waals surface area contributed by atoms with Crippen LogP contribution in [0, 0.1) is 0 Å². The zero-order valence-electron chi connectivity index (χ0n) is 18.1. The number of nitrogens with zero attached hydrogens (tertiary/aromatic N) is 1. The van der Waals surface area contributed by atoms with Crippen molar-refractivity contribution in [2.24, 2.45) is 0 Å². The molecular weight excluding hydrogens is 419 g/mol. The van der Waals surface area contributed by atoms with Gasteiger partial charge in [-0.05, 0) is 49.1 Å². The number of halogens is 3. The Kier molecular flexibility index (Phi) is 8.79. The number of carbonyl (C=O) groups excluding carboxylic acids is 1. The van der Waals surface area contributed by atoms with Crippen LogP contribution >= 0.6 is 0 Å².